The Morgan fingerprint density at radius 3 is 2.75 bits per heavy atom. The zero-order chi connectivity index (χ0) is 12.3. The summed E-state index contributed by atoms with van der Waals surface area (Å²) in [6.45, 7) is 5.42. The van der Waals surface area contributed by atoms with Crippen LogP contribution in [0.15, 0.2) is 16.7 Å². The van der Waals surface area contributed by atoms with E-state index in [-0.39, 0.29) is 5.97 Å². The number of nitrogens with zero attached hydrogens (tertiary/aromatic N) is 1. The molecule has 0 N–H and O–H groups in total. The van der Waals surface area contributed by atoms with Gasteiger partial charge in [-0.15, -0.1) is 0 Å². The van der Waals surface area contributed by atoms with Gasteiger partial charge >= 0.3 is 5.97 Å². The molecule has 1 aromatic heterocycles. The van der Waals surface area contributed by atoms with Crippen molar-refractivity contribution in [1.29, 1.82) is 0 Å². The summed E-state index contributed by atoms with van der Waals surface area (Å²) in [6, 6.07) is 1.28. The fourth-order valence-corrected chi connectivity index (χ4v) is 2.10. The Labute approximate surface area is 102 Å². The topological polar surface area (TPSA) is 39.2 Å². The lowest BCUT2D eigenvalue weighted by Gasteiger charge is -2.22. The van der Waals surface area contributed by atoms with Gasteiger partial charge in [-0.1, -0.05) is 0 Å². The smallest absolute Gasteiger partial charge is 0.317 e. The third kappa shape index (κ3) is 2.58. The predicted octanol–water partition coefficient (Wildman–Crippen LogP) is 2.82. The van der Waals surface area contributed by atoms with Crippen molar-refractivity contribution < 1.29 is 13.9 Å². The lowest BCUT2D eigenvalue weighted by atomic mass is 9.89. The highest BCUT2D eigenvalue weighted by molar-refractivity contribution is 9.10. The van der Waals surface area contributed by atoms with Gasteiger partial charge in [0, 0.05) is 4.47 Å². The van der Waals surface area contributed by atoms with Gasteiger partial charge in [0.15, 0.2) is 0 Å². The van der Waals surface area contributed by atoms with Gasteiger partial charge in [-0.25, -0.2) is 4.39 Å². The summed E-state index contributed by atoms with van der Waals surface area (Å²) in [5, 5.41) is 0. The van der Waals surface area contributed by atoms with Crippen LogP contribution in [0.5, 0.6) is 0 Å². The van der Waals surface area contributed by atoms with E-state index in [0.717, 1.165) is 6.20 Å². The van der Waals surface area contributed by atoms with Gasteiger partial charge in [0.05, 0.1) is 18.5 Å². The van der Waals surface area contributed by atoms with E-state index >= 15 is 0 Å². The normalized spacial score (nSPS) is 11.3. The first-order valence-corrected chi connectivity index (χ1v) is 5.67. The molecule has 5 heteroatoms. The van der Waals surface area contributed by atoms with Crippen LogP contribution in [-0.2, 0) is 14.9 Å². The second-order valence-electron chi connectivity index (χ2n) is 3.83. The van der Waals surface area contributed by atoms with Crippen molar-refractivity contribution in [3.63, 3.8) is 0 Å². The molecule has 0 aliphatic heterocycles. The SMILES string of the molecule is CCOC(=O)C(C)(C)c1ncc(F)cc1Br. The lowest BCUT2D eigenvalue weighted by Crippen LogP contribution is -2.32. The Morgan fingerprint density at radius 2 is 2.25 bits per heavy atom. The van der Waals surface area contributed by atoms with Gasteiger partial charge < -0.3 is 4.74 Å². The van der Waals surface area contributed by atoms with E-state index in [1.165, 1.54) is 6.07 Å². The molecule has 16 heavy (non-hydrogen) atoms. The highest BCUT2D eigenvalue weighted by atomic mass is 79.9. The number of carbonyl (C=O) groups excluding carboxylic acids is 1. The van der Waals surface area contributed by atoms with Crippen molar-refractivity contribution in [2.75, 3.05) is 6.61 Å². The molecule has 0 aliphatic carbocycles. The monoisotopic (exact) mass is 289 g/mol. The van der Waals surface area contributed by atoms with Crippen molar-refractivity contribution in [3.05, 3.63) is 28.2 Å². The van der Waals surface area contributed by atoms with Crippen molar-refractivity contribution in [3.8, 4) is 0 Å². The summed E-state index contributed by atoms with van der Waals surface area (Å²) in [5.41, 5.74) is -0.435. The molecule has 0 unspecified atom stereocenters. The Bertz CT molecular complexity index is 407. The average molecular weight is 290 g/mol. The minimum atomic E-state index is -0.900. The molecule has 3 nitrogen and oxygen atoms in total. The Hall–Kier alpha value is -0.970. The van der Waals surface area contributed by atoms with Gasteiger partial charge in [-0.2, -0.15) is 0 Å². The molecule has 1 rings (SSSR count). The summed E-state index contributed by atoms with van der Waals surface area (Å²) in [6.07, 6.45) is 1.08. The number of carbonyl (C=O) groups is 1. The maximum atomic E-state index is 12.9. The number of ether oxygens (including phenoxy) is 1. The van der Waals surface area contributed by atoms with E-state index in [4.69, 9.17) is 4.74 Å². The summed E-state index contributed by atoms with van der Waals surface area (Å²) in [5.74, 6) is -0.829. The number of halogens is 2. The van der Waals surface area contributed by atoms with Crippen LogP contribution < -0.4 is 0 Å². The van der Waals surface area contributed by atoms with Crippen LogP contribution in [0.4, 0.5) is 4.39 Å². The van der Waals surface area contributed by atoms with Crippen LogP contribution in [0.25, 0.3) is 0 Å². The van der Waals surface area contributed by atoms with Gasteiger partial charge in [-0.05, 0) is 42.8 Å². The number of pyridine rings is 1. The number of hydrogen-bond acceptors (Lipinski definition) is 3. The molecule has 0 radical (unpaired) electrons. The molecule has 1 heterocycles. The van der Waals surface area contributed by atoms with Crippen molar-refractivity contribution in [1.82, 2.24) is 4.98 Å². The molecule has 0 fully saturated rings. The van der Waals surface area contributed by atoms with Crippen LogP contribution in [0, 0.1) is 5.82 Å². The van der Waals surface area contributed by atoms with E-state index < -0.39 is 11.2 Å². The van der Waals surface area contributed by atoms with Gasteiger partial charge in [0.1, 0.15) is 11.2 Å². The van der Waals surface area contributed by atoms with E-state index in [2.05, 4.69) is 20.9 Å². The van der Waals surface area contributed by atoms with Crippen LogP contribution in [0.1, 0.15) is 26.5 Å². The predicted molar refractivity (Wildman–Crippen MR) is 61.6 cm³/mol. The molecule has 88 valence electrons. The summed E-state index contributed by atoms with van der Waals surface area (Å²) in [7, 11) is 0. The summed E-state index contributed by atoms with van der Waals surface area (Å²) >= 11 is 3.19. The third-order valence-electron chi connectivity index (χ3n) is 2.19. The second-order valence-corrected chi connectivity index (χ2v) is 4.68. The van der Waals surface area contributed by atoms with E-state index in [0.29, 0.717) is 16.8 Å². The van der Waals surface area contributed by atoms with Crippen LogP contribution in [-0.4, -0.2) is 17.6 Å². The van der Waals surface area contributed by atoms with E-state index in [1.54, 1.807) is 20.8 Å². The summed E-state index contributed by atoms with van der Waals surface area (Å²) in [4.78, 5) is 15.7. The molecule has 0 saturated carbocycles. The number of hydrogen-bond donors (Lipinski definition) is 0. The molecule has 0 saturated heterocycles. The lowest BCUT2D eigenvalue weighted by molar-refractivity contribution is -0.149. The third-order valence-corrected chi connectivity index (χ3v) is 2.79. The van der Waals surface area contributed by atoms with Crippen LogP contribution in [0.2, 0.25) is 0 Å². The maximum Gasteiger partial charge on any atom is 0.317 e. The second kappa shape index (κ2) is 4.91. The van der Waals surface area contributed by atoms with Crippen molar-refractivity contribution in [2.45, 2.75) is 26.2 Å². The average Bonchev–Trinajstić information content (AvgIpc) is 2.17. The fraction of sp³-hybridized carbons (Fsp3) is 0.455. The van der Waals surface area contributed by atoms with Gasteiger partial charge in [0.25, 0.3) is 0 Å². The van der Waals surface area contributed by atoms with Gasteiger partial charge in [0.2, 0.25) is 0 Å². The Balaban J connectivity index is 3.11. The molecular formula is C11H13BrFNO2. The molecular weight excluding hydrogens is 277 g/mol. The molecule has 1 aromatic rings. The zero-order valence-corrected chi connectivity index (χ0v) is 11.0. The highest BCUT2D eigenvalue weighted by Crippen LogP contribution is 2.29. The molecule has 0 bridgehead atoms. The zero-order valence-electron chi connectivity index (χ0n) is 9.38. The first-order valence-electron chi connectivity index (χ1n) is 4.88. The maximum absolute atomic E-state index is 12.9. The Kier molecular flexibility index (Phi) is 4.02. The largest absolute Gasteiger partial charge is 0.465 e. The standard InChI is InChI=1S/C11H13BrFNO2/c1-4-16-10(15)11(2,3)9-8(12)5-7(13)6-14-9/h5-6H,4H2,1-3H3. The molecule has 0 aromatic carbocycles. The molecule has 0 atom stereocenters. The summed E-state index contributed by atoms with van der Waals surface area (Å²) < 4.78 is 18.3. The minimum absolute atomic E-state index is 0.307. The molecule has 0 spiro atoms. The first kappa shape index (κ1) is 13.1. The molecule has 0 amide bonds. The molecule has 0 aliphatic rings. The van der Waals surface area contributed by atoms with Crippen molar-refractivity contribution >= 4 is 21.9 Å². The van der Waals surface area contributed by atoms with Crippen LogP contribution in [0.3, 0.4) is 0 Å². The van der Waals surface area contributed by atoms with E-state index in [1.807, 2.05) is 0 Å². The minimum Gasteiger partial charge on any atom is -0.465 e. The quantitative estimate of drug-likeness (QED) is 0.804. The van der Waals surface area contributed by atoms with Gasteiger partial charge in [-0.3, -0.25) is 9.78 Å². The van der Waals surface area contributed by atoms with E-state index in [9.17, 15) is 9.18 Å². The highest BCUT2D eigenvalue weighted by Gasteiger charge is 2.34. The number of rotatable bonds is 3. The first-order chi connectivity index (χ1) is 7.39. The van der Waals surface area contributed by atoms with Crippen molar-refractivity contribution in [2.24, 2.45) is 0 Å². The fourth-order valence-electron chi connectivity index (χ4n) is 1.28. The number of esters is 1. The Morgan fingerprint density at radius 1 is 1.62 bits per heavy atom. The van der Waals surface area contributed by atoms with Crippen LogP contribution >= 0.6 is 15.9 Å². The number of aromatic nitrogens is 1.